The van der Waals surface area contributed by atoms with Crippen LogP contribution in [-0.4, -0.2) is 18.9 Å². The van der Waals surface area contributed by atoms with E-state index in [1.807, 2.05) is 66.0 Å². The molecule has 0 saturated heterocycles. The van der Waals surface area contributed by atoms with E-state index in [9.17, 15) is 9.59 Å². The smallest absolute Gasteiger partial charge is 0.315 e. The maximum Gasteiger partial charge on any atom is 0.315 e. The van der Waals surface area contributed by atoms with E-state index in [2.05, 4.69) is 18.0 Å². The topological polar surface area (TPSA) is 64.6 Å². The number of thiophene rings is 1. The van der Waals surface area contributed by atoms with Crippen LogP contribution in [0.15, 0.2) is 95.7 Å². The molecule has 34 heavy (non-hydrogen) atoms. The lowest BCUT2D eigenvalue weighted by Gasteiger charge is -2.39. The van der Waals surface area contributed by atoms with Crippen molar-refractivity contribution >= 4 is 23.1 Å². The number of carbonyl (C=O) groups is 2. The van der Waals surface area contributed by atoms with Crippen molar-refractivity contribution in [1.29, 1.82) is 0 Å². The number of ketones is 1. The number of carbonyl (C=O) groups excluding carboxylic acids is 2. The Morgan fingerprint density at radius 3 is 2.56 bits per heavy atom. The molecule has 0 amide bonds. The SMILES string of the molecule is C=C1NC2=C(C(=O)CC(c3cccs3)C2)C(c2cccc(Oc3ccccc3)c2)C1C(=O)OC. The molecule has 3 unspecified atom stereocenters. The Morgan fingerprint density at radius 2 is 1.82 bits per heavy atom. The zero-order valence-corrected chi connectivity index (χ0v) is 19.6. The molecule has 1 aromatic heterocycles. The summed E-state index contributed by atoms with van der Waals surface area (Å²) in [5, 5.41) is 5.33. The lowest BCUT2D eigenvalue weighted by Crippen LogP contribution is -2.41. The summed E-state index contributed by atoms with van der Waals surface area (Å²) in [5.74, 6) is -0.103. The molecule has 2 heterocycles. The molecule has 0 radical (unpaired) electrons. The van der Waals surface area contributed by atoms with Gasteiger partial charge in [0.15, 0.2) is 5.78 Å². The molecule has 0 spiro atoms. The monoisotopic (exact) mass is 471 g/mol. The van der Waals surface area contributed by atoms with Crippen LogP contribution in [0.3, 0.4) is 0 Å². The van der Waals surface area contributed by atoms with Gasteiger partial charge in [-0.2, -0.15) is 0 Å². The summed E-state index contributed by atoms with van der Waals surface area (Å²) in [4.78, 5) is 27.6. The molecule has 172 valence electrons. The lowest BCUT2D eigenvalue weighted by molar-refractivity contribution is -0.144. The van der Waals surface area contributed by atoms with E-state index in [0.29, 0.717) is 35.6 Å². The molecular weight excluding hydrogens is 446 g/mol. The summed E-state index contributed by atoms with van der Waals surface area (Å²) in [6.07, 6.45) is 1.11. The predicted molar refractivity (Wildman–Crippen MR) is 132 cm³/mol. The van der Waals surface area contributed by atoms with Crippen LogP contribution in [0.25, 0.3) is 0 Å². The molecule has 1 aliphatic carbocycles. The third kappa shape index (κ3) is 4.17. The summed E-state index contributed by atoms with van der Waals surface area (Å²) in [7, 11) is 1.36. The summed E-state index contributed by atoms with van der Waals surface area (Å²) in [6, 6.07) is 21.2. The van der Waals surface area contributed by atoms with Gasteiger partial charge in [-0.25, -0.2) is 0 Å². The number of methoxy groups -OCH3 is 1. The summed E-state index contributed by atoms with van der Waals surface area (Å²) >= 11 is 1.67. The summed E-state index contributed by atoms with van der Waals surface area (Å²) in [5.41, 5.74) is 2.86. The highest BCUT2D eigenvalue weighted by Gasteiger charge is 2.45. The number of rotatable bonds is 5. The number of Topliss-reactive ketones (excluding diaryl/α,β-unsaturated/α-hetero) is 1. The number of hydrogen-bond donors (Lipinski definition) is 1. The van der Waals surface area contributed by atoms with Gasteiger partial charge in [-0.05, 0) is 47.7 Å². The van der Waals surface area contributed by atoms with E-state index in [-0.39, 0.29) is 11.7 Å². The third-order valence-electron chi connectivity index (χ3n) is 6.44. The van der Waals surface area contributed by atoms with Crippen molar-refractivity contribution in [2.45, 2.75) is 24.7 Å². The highest BCUT2D eigenvalue weighted by Crippen LogP contribution is 2.48. The first-order valence-corrected chi connectivity index (χ1v) is 12.1. The quantitative estimate of drug-likeness (QED) is 0.467. The van der Waals surface area contributed by atoms with Gasteiger partial charge >= 0.3 is 5.97 Å². The van der Waals surface area contributed by atoms with Crippen LogP contribution >= 0.6 is 11.3 Å². The van der Waals surface area contributed by atoms with Gasteiger partial charge in [0.1, 0.15) is 17.4 Å². The molecule has 2 aromatic carbocycles. The molecule has 3 atom stereocenters. The molecule has 0 bridgehead atoms. The van der Waals surface area contributed by atoms with Crippen LogP contribution in [0.4, 0.5) is 0 Å². The highest BCUT2D eigenvalue weighted by atomic mass is 32.1. The second-order valence-electron chi connectivity index (χ2n) is 8.55. The molecule has 0 fully saturated rings. The maximum atomic E-state index is 13.6. The van der Waals surface area contributed by atoms with E-state index < -0.39 is 17.8 Å². The molecule has 2 aliphatic rings. The Balaban J connectivity index is 1.57. The first-order valence-electron chi connectivity index (χ1n) is 11.2. The van der Waals surface area contributed by atoms with Crippen molar-refractivity contribution in [2.75, 3.05) is 7.11 Å². The van der Waals surface area contributed by atoms with Crippen molar-refractivity contribution < 1.29 is 19.1 Å². The van der Waals surface area contributed by atoms with Crippen LogP contribution < -0.4 is 10.1 Å². The Hall–Kier alpha value is -3.64. The average Bonchev–Trinajstić information content (AvgIpc) is 3.38. The second kappa shape index (κ2) is 9.31. The molecule has 5 nitrogen and oxygen atoms in total. The van der Waals surface area contributed by atoms with E-state index in [4.69, 9.17) is 9.47 Å². The van der Waals surface area contributed by atoms with Crippen molar-refractivity contribution in [2.24, 2.45) is 5.92 Å². The van der Waals surface area contributed by atoms with Gasteiger partial charge in [0.25, 0.3) is 0 Å². The minimum Gasteiger partial charge on any atom is -0.468 e. The van der Waals surface area contributed by atoms with Crippen molar-refractivity contribution in [3.8, 4) is 11.5 Å². The second-order valence-corrected chi connectivity index (χ2v) is 9.53. The first kappa shape index (κ1) is 22.2. The molecule has 1 N–H and O–H groups in total. The van der Waals surface area contributed by atoms with Crippen LogP contribution in [-0.2, 0) is 14.3 Å². The minimum atomic E-state index is -0.710. The van der Waals surface area contributed by atoms with Gasteiger partial charge in [-0.1, -0.05) is 43.0 Å². The van der Waals surface area contributed by atoms with Crippen molar-refractivity contribution in [3.05, 3.63) is 106 Å². The van der Waals surface area contributed by atoms with Crippen LogP contribution in [0.1, 0.15) is 35.1 Å². The van der Waals surface area contributed by atoms with E-state index in [0.717, 1.165) is 11.3 Å². The lowest BCUT2D eigenvalue weighted by atomic mass is 9.69. The van der Waals surface area contributed by atoms with Crippen molar-refractivity contribution in [3.63, 3.8) is 0 Å². The van der Waals surface area contributed by atoms with Gasteiger partial charge < -0.3 is 14.8 Å². The molecular formula is C28H25NO4S. The number of hydrogen-bond acceptors (Lipinski definition) is 6. The van der Waals surface area contributed by atoms with Crippen molar-refractivity contribution in [1.82, 2.24) is 5.32 Å². The van der Waals surface area contributed by atoms with Gasteiger partial charge in [0.05, 0.1) is 7.11 Å². The van der Waals surface area contributed by atoms with Gasteiger partial charge in [-0.15, -0.1) is 11.3 Å². The number of para-hydroxylation sites is 1. The normalized spacial score (nSPS) is 22.1. The van der Waals surface area contributed by atoms with Crippen LogP contribution in [0.2, 0.25) is 0 Å². The van der Waals surface area contributed by atoms with Crippen LogP contribution in [0, 0.1) is 5.92 Å². The number of ether oxygens (including phenoxy) is 2. The highest BCUT2D eigenvalue weighted by molar-refractivity contribution is 7.10. The fourth-order valence-corrected chi connectivity index (χ4v) is 5.77. The Labute approximate surface area is 202 Å². The molecule has 1 aliphatic heterocycles. The van der Waals surface area contributed by atoms with Gasteiger partial charge in [0.2, 0.25) is 0 Å². The van der Waals surface area contributed by atoms with Gasteiger partial charge in [0, 0.05) is 40.1 Å². The average molecular weight is 472 g/mol. The van der Waals surface area contributed by atoms with Crippen LogP contribution in [0.5, 0.6) is 11.5 Å². The predicted octanol–water partition coefficient (Wildman–Crippen LogP) is 5.93. The Kier molecular flexibility index (Phi) is 6.07. The zero-order chi connectivity index (χ0) is 23.7. The molecule has 3 aromatic rings. The fraction of sp³-hybridized carbons (Fsp3) is 0.214. The minimum absolute atomic E-state index is 0.0490. The van der Waals surface area contributed by atoms with Gasteiger partial charge in [-0.3, -0.25) is 9.59 Å². The Morgan fingerprint density at radius 1 is 1.03 bits per heavy atom. The largest absolute Gasteiger partial charge is 0.468 e. The van der Waals surface area contributed by atoms with E-state index >= 15 is 0 Å². The maximum absolute atomic E-state index is 13.6. The number of nitrogens with one attached hydrogen (secondary N) is 1. The summed E-state index contributed by atoms with van der Waals surface area (Å²) < 4.78 is 11.2. The van der Waals surface area contributed by atoms with E-state index in [1.165, 1.54) is 12.0 Å². The molecule has 6 heteroatoms. The zero-order valence-electron chi connectivity index (χ0n) is 18.8. The standard InChI is InChI=1S/C28H25NO4S/c1-17-25(28(31)32-2)26(18-8-6-11-21(14-18)33-20-9-4-3-5-10-20)27-22(29-17)15-19(16-23(27)30)24-12-7-13-34-24/h3-14,19,25-26,29H,1,15-16H2,2H3. The summed E-state index contributed by atoms with van der Waals surface area (Å²) in [6.45, 7) is 4.15. The third-order valence-corrected chi connectivity index (χ3v) is 7.47. The Bertz CT molecular complexity index is 1260. The van der Waals surface area contributed by atoms with E-state index in [1.54, 1.807) is 11.3 Å². The molecule has 5 rings (SSSR count). The fourth-order valence-electron chi connectivity index (χ4n) is 4.93. The molecule has 0 saturated carbocycles. The first-order chi connectivity index (χ1) is 16.5. The number of esters is 1. The number of benzene rings is 2. The number of allylic oxidation sites excluding steroid dienone is 2.